The van der Waals surface area contributed by atoms with Gasteiger partial charge < -0.3 is 0 Å². The van der Waals surface area contributed by atoms with Gasteiger partial charge in [-0.2, -0.15) is 17.0 Å². The van der Waals surface area contributed by atoms with Crippen molar-refractivity contribution in [2.45, 2.75) is 38.6 Å². The molecule has 0 N–H and O–H groups in total. The normalized spacial score (nSPS) is 19.8. The predicted molar refractivity (Wildman–Crippen MR) is 81.6 cm³/mol. The standard InChI is InChI=1S/C15H24N2O2S/c1-14(15-10-6-5-7-11-15)16(2)20(18,19)17-12-8-3-4-9-13-17/h5-7,10-11,14H,3-4,8-9,12-13H2,1-2H3. The van der Waals surface area contributed by atoms with Crippen LogP contribution in [0.2, 0.25) is 0 Å². The second-order valence-corrected chi connectivity index (χ2v) is 7.41. The molecule has 1 unspecified atom stereocenters. The summed E-state index contributed by atoms with van der Waals surface area (Å²) in [6.07, 6.45) is 4.19. The molecule has 4 nitrogen and oxygen atoms in total. The summed E-state index contributed by atoms with van der Waals surface area (Å²) in [5.41, 5.74) is 1.02. The Hall–Kier alpha value is -0.910. The summed E-state index contributed by atoms with van der Waals surface area (Å²) >= 11 is 0. The number of hydrogen-bond donors (Lipinski definition) is 0. The maximum Gasteiger partial charge on any atom is 0.282 e. The van der Waals surface area contributed by atoms with Crippen LogP contribution in [0, 0.1) is 0 Å². The molecule has 0 bridgehead atoms. The fourth-order valence-electron chi connectivity index (χ4n) is 2.60. The quantitative estimate of drug-likeness (QED) is 0.857. The van der Waals surface area contributed by atoms with E-state index in [9.17, 15) is 8.42 Å². The topological polar surface area (TPSA) is 40.6 Å². The monoisotopic (exact) mass is 296 g/mol. The average Bonchev–Trinajstić information content (AvgIpc) is 2.76. The Bertz CT molecular complexity index is 508. The van der Waals surface area contributed by atoms with E-state index in [1.165, 1.54) is 4.31 Å². The molecule has 20 heavy (non-hydrogen) atoms. The van der Waals surface area contributed by atoms with E-state index in [0.717, 1.165) is 31.2 Å². The number of benzene rings is 1. The molecule has 1 aromatic rings. The molecule has 0 spiro atoms. The van der Waals surface area contributed by atoms with Crippen LogP contribution in [0.4, 0.5) is 0 Å². The first-order chi connectivity index (χ1) is 9.53. The van der Waals surface area contributed by atoms with Crippen molar-refractivity contribution in [1.29, 1.82) is 0 Å². The van der Waals surface area contributed by atoms with E-state index >= 15 is 0 Å². The smallest absolute Gasteiger partial charge is 0.195 e. The van der Waals surface area contributed by atoms with Gasteiger partial charge in [-0.15, -0.1) is 0 Å². The summed E-state index contributed by atoms with van der Waals surface area (Å²) in [6, 6.07) is 9.62. The summed E-state index contributed by atoms with van der Waals surface area (Å²) in [4.78, 5) is 0. The lowest BCUT2D eigenvalue weighted by atomic mass is 10.1. The zero-order valence-corrected chi connectivity index (χ0v) is 13.1. The third kappa shape index (κ3) is 3.40. The van der Waals surface area contributed by atoms with Crippen molar-refractivity contribution in [2.75, 3.05) is 20.1 Å². The van der Waals surface area contributed by atoms with E-state index in [2.05, 4.69) is 0 Å². The van der Waals surface area contributed by atoms with Gasteiger partial charge in [0.25, 0.3) is 10.2 Å². The lowest BCUT2D eigenvalue weighted by Crippen LogP contribution is -2.43. The molecule has 1 saturated heterocycles. The molecule has 5 heteroatoms. The van der Waals surface area contributed by atoms with Crippen molar-refractivity contribution in [3.8, 4) is 0 Å². The van der Waals surface area contributed by atoms with Crippen LogP contribution < -0.4 is 0 Å². The van der Waals surface area contributed by atoms with E-state index in [-0.39, 0.29) is 6.04 Å². The molecule has 1 aromatic carbocycles. The summed E-state index contributed by atoms with van der Waals surface area (Å²) in [5, 5.41) is 0. The maximum atomic E-state index is 12.7. The SMILES string of the molecule is CC(c1ccccc1)N(C)S(=O)(=O)N1CCCCCC1. The molecule has 1 atom stereocenters. The van der Waals surface area contributed by atoms with Crippen LogP contribution in [0.1, 0.15) is 44.2 Å². The third-order valence-corrected chi connectivity index (χ3v) is 6.14. The van der Waals surface area contributed by atoms with Gasteiger partial charge in [0.2, 0.25) is 0 Å². The molecule has 1 aliphatic heterocycles. The number of rotatable bonds is 4. The first-order valence-corrected chi connectivity index (χ1v) is 8.71. The van der Waals surface area contributed by atoms with Crippen LogP contribution in [0.25, 0.3) is 0 Å². The van der Waals surface area contributed by atoms with E-state index in [1.807, 2.05) is 37.3 Å². The zero-order chi connectivity index (χ0) is 14.6. The van der Waals surface area contributed by atoms with Gasteiger partial charge in [0.05, 0.1) is 0 Å². The van der Waals surface area contributed by atoms with Gasteiger partial charge >= 0.3 is 0 Å². The molecular formula is C15H24N2O2S. The lowest BCUT2D eigenvalue weighted by Gasteiger charge is -2.30. The van der Waals surface area contributed by atoms with Crippen LogP contribution in [-0.4, -0.2) is 37.2 Å². The Labute approximate surface area is 122 Å². The average molecular weight is 296 g/mol. The molecule has 1 aliphatic rings. The van der Waals surface area contributed by atoms with Gasteiger partial charge in [-0.1, -0.05) is 43.2 Å². The molecule has 0 aliphatic carbocycles. The van der Waals surface area contributed by atoms with Gasteiger partial charge in [-0.05, 0) is 25.3 Å². The molecule has 2 rings (SSSR count). The van der Waals surface area contributed by atoms with E-state index in [4.69, 9.17) is 0 Å². The summed E-state index contributed by atoms with van der Waals surface area (Å²) in [5.74, 6) is 0. The van der Waals surface area contributed by atoms with Gasteiger partial charge in [0, 0.05) is 26.2 Å². The van der Waals surface area contributed by atoms with Gasteiger partial charge in [0.15, 0.2) is 0 Å². The Morgan fingerprint density at radius 3 is 2.15 bits per heavy atom. The molecular weight excluding hydrogens is 272 g/mol. The second-order valence-electron chi connectivity index (χ2n) is 5.42. The Morgan fingerprint density at radius 1 is 1.05 bits per heavy atom. The minimum atomic E-state index is -3.37. The molecule has 112 valence electrons. The summed E-state index contributed by atoms with van der Waals surface area (Å²) < 4.78 is 28.5. The minimum absolute atomic E-state index is 0.149. The van der Waals surface area contributed by atoms with Crippen LogP contribution in [0.15, 0.2) is 30.3 Å². The molecule has 0 aromatic heterocycles. The van der Waals surface area contributed by atoms with Crippen LogP contribution >= 0.6 is 0 Å². The fraction of sp³-hybridized carbons (Fsp3) is 0.600. The second kappa shape index (κ2) is 6.70. The Balaban J connectivity index is 2.15. The van der Waals surface area contributed by atoms with Gasteiger partial charge in [0.1, 0.15) is 0 Å². The van der Waals surface area contributed by atoms with Gasteiger partial charge in [-0.25, -0.2) is 0 Å². The zero-order valence-electron chi connectivity index (χ0n) is 12.3. The fourth-order valence-corrected chi connectivity index (χ4v) is 4.20. The van der Waals surface area contributed by atoms with Gasteiger partial charge in [-0.3, -0.25) is 0 Å². The highest BCUT2D eigenvalue weighted by Gasteiger charge is 2.30. The van der Waals surface area contributed by atoms with Crippen molar-refractivity contribution in [3.05, 3.63) is 35.9 Å². The maximum absolute atomic E-state index is 12.7. The highest BCUT2D eigenvalue weighted by molar-refractivity contribution is 7.86. The van der Waals surface area contributed by atoms with Crippen molar-refractivity contribution >= 4 is 10.2 Å². The molecule has 0 radical (unpaired) electrons. The third-order valence-electron chi connectivity index (χ3n) is 4.08. The van der Waals surface area contributed by atoms with E-state index in [0.29, 0.717) is 13.1 Å². The molecule has 1 heterocycles. The van der Waals surface area contributed by atoms with Crippen LogP contribution in [0.5, 0.6) is 0 Å². The van der Waals surface area contributed by atoms with E-state index in [1.54, 1.807) is 11.4 Å². The predicted octanol–water partition coefficient (Wildman–Crippen LogP) is 2.80. The Morgan fingerprint density at radius 2 is 1.60 bits per heavy atom. The van der Waals surface area contributed by atoms with Crippen molar-refractivity contribution in [2.24, 2.45) is 0 Å². The van der Waals surface area contributed by atoms with E-state index < -0.39 is 10.2 Å². The van der Waals surface area contributed by atoms with Crippen molar-refractivity contribution < 1.29 is 8.42 Å². The first-order valence-electron chi connectivity index (χ1n) is 7.31. The lowest BCUT2D eigenvalue weighted by molar-refractivity contribution is 0.332. The summed E-state index contributed by atoms with van der Waals surface area (Å²) in [7, 11) is -1.69. The minimum Gasteiger partial charge on any atom is -0.195 e. The van der Waals surface area contributed by atoms with Crippen molar-refractivity contribution in [3.63, 3.8) is 0 Å². The van der Waals surface area contributed by atoms with Crippen LogP contribution in [0.3, 0.4) is 0 Å². The largest absolute Gasteiger partial charge is 0.282 e. The van der Waals surface area contributed by atoms with Crippen LogP contribution in [-0.2, 0) is 10.2 Å². The number of nitrogens with zero attached hydrogens (tertiary/aromatic N) is 2. The first kappa shape index (κ1) is 15.5. The highest BCUT2D eigenvalue weighted by atomic mass is 32.2. The molecule has 1 fully saturated rings. The number of hydrogen-bond acceptors (Lipinski definition) is 2. The summed E-state index contributed by atoms with van der Waals surface area (Å²) in [6.45, 7) is 3.23. The Kier molecular flexibility index (Phi) is 5.18. The highest BCUT2D eigenvalue weighted by Crippen LogP contribution is 2.24. The molecule has 0 saturated carbocycles. The molecule has 0 amide bonds. The van der Waals surface area contributed by atoms with Crippen molar-refractivity contribution in [1.82, 2.24) is 8.61 Å².